The lowest BCUT2D eigenvalue weighted by atomic mass is 9.84. The summed E-state index contributed by atoms with van der Waals surface area (Å²) in [4.78, 5) is 35.8. The molecule has 0 aromatic heterocycles. The molecule has 6 aliphatic heterocycles. The zero-order valence-electron chi connectivity index (χ0n) is 80.0. The van der Waals surface area contributed by atoms with E-state index >= 15 is 0 Å². The summed E-state index contributed by atoms with van der Waals surface area (Å²) in [6.07, 6.45) is 27.7. The van der Waals surface area contributed by atoms with E-state index in [1.54, 1.807) is 13.8 Å². The van der Waals surface area contributed by atoms with E-state index in [9.17, 15) is 14.4 Å². The fourth-order valence-corrected chi connectivity index (χ4v) is 12.4. The predicted molar refractivity (Wildman–Crippen MR) is 507 cm³/mol. The van der Waals surface area contributed by atoms with Gasteiger partial charge in [0.05, 0.1) is 138 Å². The van der Waals surface area contributed by atoms with Gasteiger partial charge < -0.3 is 164 Å². The van der Waals surface area contributed by atoms with E-state index in [1.807, 2.05) is 21.0 Å². The molecule has 7 rings (SSSR count). The molecule has 2 unspecified atom stereocenters. The van der Waals surface area contributed by atoms with Crippen LogP contribution in [-0.2, 0) is 57.0 Å². The van der Waals surface area contributed by atoms with Crippen LogP contribution < -0.4 is 91.6 Å². The number of piperidine rings is 2. The second-order valence-corrected chi connectivity index (χ2v) is 31.3. The number of nitrogens with zero attached hydrogens (tertiary/aromatic N) is 2. The maximum Gasteiger partial charge on any atom is 0.317 e. The van der Waals surface area contributed by atoms with Crippen molar-refractivity contribution >= 4 is 17.5 Å². The highest BCUT2D eigenvalue weighted by Gasteiger charge is 2.17. The highest BCUT2D eigenvalue weighted by molar-refractivity contribution is 5.81. The Balaban J connectivity index is -0.000000641. The van der Waals surface area contributed by atoms with Crippen molar-refractivity contribution in [1.82, 2.24) is 84.2 Å². The first kappa shape index (κ1) is 127. The molecule has 0 aromatic rings. The van der Waals surface area contributed by atoms with E-state index in [4.69, 9.17) is 75.2 Å². The molecule has 7 fully saturated rings. The number of rotatable bonds is 33. The van der Waals surface area contributed by atoms with Crippen molar-refractivity contribution in [2.75, 3.05) is 363 Å². The monoisotopic (exact) mass is 1770 g/mol. The van der Waals surface area contributed by atoms with Crippen LogP contribution in [0.5, 0.6) is 0 Å². The minimum Gasteiger partial charge on any atom is -0.480 e. The Hall–Kier alpha value is -2.39. The van der Waals surface area contributed by atoms with Crippen LogP contribution in [0.1, 0.15) is 176 Å². The number of nitrogens with two attached hydrogens (primary N) is 3. The second kappa shape index (κ2) is 114. The van der Waals surface area contributed by atoms with Crippen molar-refractivity contribution < 1.29 is 72.3 Å². The van der Waals surface area contributed by atoms with Crippen molar-refractivity contribution in [1.29, 1.82) is 0 Å². The number of Topliss-reactive ketones (excluding diaryl/α,β-unsaturated/α-hetero) is 2. The van der Waals surface area contributed by atoms with Crippen LogP contribution >= 0.6 is 0 Å². The topological polar surface area (TPSA) is 448 Å². The number of carboxylic acid groups (broad SMARTS) is 1. The number of unbranched alkanes of at least 4 members (excludes halogenated alkanes) is 3. The Kier molecular flexibility index (Phi) is 117. The largest absolute Gasteiger partial charge is 0.480 e. The zero-order valence-corrected chi connectivity index (χ0v) is 80.0. The third kappa shape index (κ3) is 116. The van der Waals surface area contributed by atoms with Gasteiger partial charge in [0.15, 0.2) is 0 Å². The van der Waals surface area contributed by atoms with Crippen LogP contribution in [0.4, 0.5) is 0 Å². The lowest BCUT2D eigenvalue weighted by Crippen LogP contribution is -2.51. The van der Waals surface area contributed by atoms with Gasteiger partial charge in [0.25, 0.3) is 0 Å². The van der Waals surface area contributed by atoms with Crippen LogP contribution in [0.25, 0.3) is 0 Å². The van der Waals surface area contributed by atoms with Crippen molar-refractivity contribution in [2.45, 2.75) is 188 Å². The first-order valence-electron chi connectivity index (χ1n) is 48.3. The summed E-state index contributed by atoms with van der Waals surface area (Å²) in [7, 11) is 6.09. The number of carbonyl (C=O) groups excluding carboxylic acids is 2. The molecule has 34 nitrogen and oxygen atoms in total. The van der Waals surface area contributed by atoms with Gasteiger partial charge in [0, 0.05) is 170 Å². The molecular weight excluding hydrogens is 1580 g/mol. The summed E-state index contributed by atoms with van der Waals surface area (Å²) in [5.41, 5.74) is 15.8. The molecule has 23 N–H and O–H groups in total. The average molecular weight is 1780 g/mol. The van der Waals surface area contributed by atoms with E-state index < -0.39 is 5.97 Å². The SMILES string of the molecule is C1CCC(CCCC2CCNCC2)CC1.C1CCNCC1.C1COCCNCCOCCN1.C1COCCNCCOCCOCCN1.C1COCCOCCNCCOCCOCCN1.CC(=O)C1CNCCN1.CC(=O)CCCCNCC(=O)O.CCC(O)CN.CCCN(CCN)CCN.CCCNCCCCCO.CNCCN(C)CCNC. The van der Waals surface area contributed by atoms with Crippen molar-refractivity contribution in [3.05, 3.63) is 0 Å². The molecule has 0 spiro atoms. The minimum atomic E-state index is -0.846. The normalized spacial score (nSPS) is 19.4. The number of carbonyl (C=O) groups is 3. The van der Waals surface area contributed by atoms with E-state index in [-0.39, 0.29) is 30.3 Å². The molecule has 740 valence electrons. The maximum absolute atomic E-state index is 10.7. The van der Waals surface area contributed by atoms with Crippen LogP contribution in [0, 0.1) is 11.8 Å². The molecule has 0 radical (unpaired) electrons. The molecular formula is C89H199N19O15. The summed E-state index contributed by atoms with van der Waals surface area (Å²) < 4.78 is 48.4. The number of aliphatic hydroxyl groups excluding tert-OH is 2. The number of carboxylic acids is 1. The molecule has 1 saturated carbocycles. The number of aliphatic hydroxyl groups is 2. The standard InChI is InChI=1S/C14H27N.C12H26N2O4.C10H22N2O3.C8H18N2O2.C8H15NO3.C8H19NO.2C7H19N3.C6H12N2O.C5H11N.C4H11NO/c1-2-5-13(6-3-1)7-4-8-14-9-11-15-12-10-14;1-5-15-9-10-17-7-3-14-4-8-18-12-11-16-6-2-13-1;1-5-13-6-2-12-4-8-15-10-9-14-7-3-11-1;1-5-11-7-3-10-4-8-12-6-2-9-1;1-7(10)4-2-3-5-9-6-8(11)12;1-2-6-9-7-4-3-5-8-10;1-8-4-6-10(3)7-5-9-2;1-2-5-10(6-3-8)7-4-9;1-5(9)6-4-7-2-3-8-6;1-2-4-6-5-3-1;1-2-4(6)3-5/h13-15H,1-12H2;13-14H,1-12H2;11-12H,1-10H2;9-10H,1-8H2;9H,2-6H2,1H3,(H,11,12);9-10H,2-8H2,1H3;8-9H,4-7H2,1-3H3;2-9H2,1H3;6-8H,2-4H2,1H3;6H,1-5H2;4,6H,2-3,5H2,1H3. The number of piperazine rings is 1. The van der Waals surface area contributed by atoms with E-state index in [1.165, 1.54) is 129 Å². The van der Waals surface area contributed by atoms with Gasteiger partial charge in [-0.15, -0.1) is 0 Å². The summed E-state index contributed by atoms with van der Waals surface area (Å²) in [6, 6.07) is 0.0544. The highest BCUT2D eigenvalue weighted by Crippen LogP contribution is 2.29. The lowest BCUT2D eigenvalue weighted by molar-refractivity contribution is -0.136. The van der Waals surface area contributed by atoms with Gasteiger partial charge in [-0.2, -0.15) is 0 Å². The van der Waals surface area contributed by atoms with Gasteiger partial charge in [0.2, 0.25) is 0 Å². The third-order valence-electron chi connectivity index (χ3n) is 19.8. The number of likely N-dealkylation sites (N-methyl/N-ethyl adjacent to an activating group) is 3. The molecule has 0 aromatic carbocycles. The van der Waals surface area contributed by atoms with Gasteiger partial charge >= 0.3 is 5.97 Å². The zero-order chi connectivity index (χ0) is 90.8. The predicted octanol–water partition coefficient (Wildman–Crippen LogP) is 1.58. The van der Waals surface area contributed by atoms with Crippen molar-refractivity contribution in [2.24, 2.45) is 29.0 Å². The minimum absolute atomic E-state index is 0.0000709. The van der Waals surface area contributed by atoms with Crippen LogP contribution in [-0.4, -0.2) is 417 Å². The van der Waals surface area contributed by atoms with Gasteiger partial charge in [-0.05, 0) is 176 Å². The van der Waals surface area contributed by atoms with Gasteiger partial charge in [-0.3, -0.25) is 9.59 Å². The Morgan fingerprint density at radius 1 is 0.415 bits per heavy atom. The van der Waals surface area contributed by atoms with Gasteiger partial charge in [-0.1, -0.05) is 78.6 Å². The molecule has 2 atom stereocenters. The van der Waals surface area contributed by atoms with Gasteiger partial charge in [-0.25, -0.2) is 0 Å². The third-order valence-corrected chi connectivity index (χ3v) is 19.8. The molecule has 7 aliphatic rings. The number of aliphatic carboxylic acids is 1. The second-order valence-electron chi connectivity index (χ2n) is 31.3. The number of ketones is 2. The van der Waals surface area contributed by atoms with Crippen LogP contribution in [0.3, 0.4) is 0 Å². The van der Waals surface area contributed by atoms with Crippen molar-refractivity contribution in [3.8, 4) is 0 Å². The number of ether oxygens (including phenoxy) is 9. The number of nitrogens with one attached hydrogen (secondary N) is 14. The average Bonchev–Trinajstić information content (AvgIpc) is 0.950. The maximum atomic E-state index is 10.7. The Morgan fingerprint density at radius 3 is 1.11 bits per heavy atom. The van der Waals surface area contributed by atoms with Gasteiger partial charge in [0.1, 0.15) is 11.6 Å². The number of hydrogen-bond acceptors (Lipinski definition) is 33. The fraction of sp³-hybridized carbons (Fsp3) is 0.966. The fourth-order valence-electron chi connectivity index (χ4n) is 12.4. The molecule has 6 heterocycles. The van der Waals surface area contributed by atoms with Crippen LogP contribution in [0.2, 0.25) is 0 Å². The van der Waals surface area contributed by atoms with E-state index in [0.717, 1.165) is 267 Å². The summed E-state index contributed by atoms with van der Waals surface area (Å²) >= 11 is 0. The lowest BCUT2D eigenvalue weighted by Gasteiger charge is -2.25. The summed E-state index contributed by atoms with van der Waals surface area (Å²) in [5.74, 6) is 1.72. The molecule has 6 saturated heterocycles. The highest BCUT2D eigenvalue weighted by atomic mass is 16.5. The molecule has 123 heavy (non-hydrogen) atoms. The van der Waals surface area contributed by atoms with Crippen molar-refractivity contribution in [3.63, 3.8) is 0 Å². The van der Waals surface area contributed by atoms with E-state index in [2.05, 4.69) is 105 Å². The molecule has 0 amide bonds. The summed E-state index contributed by atoms with van der Waals surface area (Å²) in [5, 5.41) is 69.9. The molecule has 34 heteroatoms. The first-order valence-corrected chi connectivity index (χ1v) is 48.3. The summed E-state index contributed by atoms with van der Waals surface area (Å²) in [6.45, 7) is 53.3. The smallest absolute Gasteiger partial charge is 0.317 e. The van der Waals surface area contributed by atoms with E-state index in [0.29, 0.717) is 92.2 Å². The number of hydrogen-bond donors (Lipinski definition) is 20. The Bertz CT molecular complexity index is 1720. The van der Waals surface area contributed by atoms with Crippen LogP contribution in [0.15, 0.2) is 0 Å². The molecule has 0 bridgehead atoms. The quantitative estimate of drug-likeness (QED) is 0.0415. The Morgan fingerprint density at radius 2 is 0.805 bits per heavy atom. The Labute approximate surface area is 750 Å². The first-order chi connectivity index (χ1) is 60.3. The molecule has 1 aliphatic carbocycles.